The molecule has 1 rings (SSSR count). The largest absolute Gasteiger partial charge is 0.432 e. The third kappa shape index (κ3) is 2.35. The van der Waals surface area contributed by atoms with Crippen molar-refractivity contribution in [2.24, 2.45) is 5.92 Å². The Morgan fingerprint density at radius 3 is 2.73 bits per heavy atom. The molecule has 1 aliphatic rings. The lowest BCUT2D eigenvalue weighted by molar-refractivity contribution is -0.144. The molecule has 2 unspecified atom stereocenters. The van der Waals surface area contributed by atoms with E-state index in [1.165, 1.54) is 0 Å². The Morgan fingerprint density at radius 2 is 2.36 bits per heavy atom. The highest BCUT2D eigenvalue weighted by Crippen LogP contribution is 2.21. The predicted octanol–water partition coefficient (Wildman–Crippen LogP) is 1.10. The van der Waals surface area contributed by atoms with Gasteiger partial charge in [0.15, 0.2) is 0 Å². The van der Waals surface area contributed by atoms with E-state index >= 15 is 0 Å². The van der Waals surface area contributed by atoms with Gasteiger partial charge in [0, 0.05) is 0 Å². The standard InChI is InChI=1S/C8H12O3/c1-5(2)11-8(9)6(3)7-4-10-7/h6-7H,1,4H2,2-3H3. The molecule has 1 aliphatic heterocycles. The zero-order valence-electron chi connectivity index (χ0n) is 6.79. The van der Waals surface area contributed by atoms with Crippen LogP contribution in [0.2, 0.25) is 0 Å². The van der Waals surface area contributed by atoms with E-state index in [1.54, 1.807) is 13.8 Å². The lowest BCUT2D eigenvalue weighted by Gasteiger charge is -2.06. The molecule has 1 fully saturated rings. The van der Waals surface area contributed by atoms with Gasteiger partial charge >= 0.3 is 5.97 Å². The highest BCUT2D eigenvalue weighted by Gasteiger charge is 2.35. The minimum Gasteiger partial charge on any atom is -0.432 e. The molecule has 1 heterocycles. The van der Waals surface area contributed by atoms with Gasteiger partial charge in [0.25, 0.3) is 0 Å². The number of carbonyl (C=O) groups excluding carboxylic acids is 1. The average molecular weight is 156 g/mol. The number of allylic oxidation sites excluding steroid dienone is 1. The van der Waals surface area contributed by atoms with E-state index < -0.39 is 0 Å². The molecule has 0 spiro atoms. The molecule has 0 aromatic rings. The van der Waals surface area contributed by atoms with Gasteiger partial charge in [0.1, 0.15) is 0 Å². The summed E-state index contributed by atoms with van der Waals surface area (Å²) in [6.07, 6.45) is 0.0712. The van der Waals surface area contributed by atoms with Crippen LogP contribution in [0.4, 0.5) is 0 Å². The van der Waals surface area contributed by atoms with Crippen LogP contribution in [-0.2, 0) is 14.3 Å². The van der Waals surface area contributed by atoms with E-state index in [-0.39, 0.29) is 18.0 Å². The van der Waals surface area contributed by atoms with Crippen molar-refractivity contribution >= 4 is 5.97 Å². The molecule has 62 valence electrons. The van der Waals surface area contributed by atoms with Crippen molar-refractivity contribution in [2.75, 3.05) is 6.61 Å². The molecule has 0 aliphatic carbocycles. The van der Waals surface area contributed by atoms with E-state index in [4.69, 9.17) is 9.47 Å². The van der Waals surface area contributed by atoms with Crippen molar-refractivity contribution < 1.29 is 14.3 Å². The van der Waals surface area contributed by atoms with Gasteiger partial charge < -0.3 is 9.47 Å². The van der Waals surface area contributed by atoms with Crippen molar-refractivity contribution in [1.82, 2.24) is 0 Å². The van der Waals surface area contributed by atoms with Gasteiger partial charge in [-0.15, -0.1) is 0 Å². The Kier molecular flexibility index (Phi) is 2.29. The molecule has 1 saturated heterocycles. The molecule has 0 N–H and O–H groups in total. The SMILES string of the molecule is C=C(C)OC(=O)C(C)C1CO1. The first-order chi connectivity index (χ1) is 5.11. The molecule has 0 radical (unpaired) electrons. The fraction of sp³-hybridized carbons (Fsp3) is 0.625. The fourth-order valence-corrected chi connectivity index (χ4v) is 0.761. The van der Waals surface area contributed by atoms with Crippen molar-refractivity contribution in [1.29, 1.82) is 0 Å². The van der Waals surface area contributed by atoms with Crippen LogP contribution in [0.25, 0.3) is 0 Å². The first-order valence-electron chi connectivity index (χ1n) is 3.60. The Balaban J connectivity index is 2.33. The maximum Gasteiger partial charge on any atom is 0.316 e. The zero-order valence-corrected chi connectivity index (χ0v) is 6.79. The lowest BCUT2D eigenvalue weighted by Crippen LogP contribution is -2.18. The predicted molar refractivity (Wildman–Crippen MR) is 39.8 cm³/mol. The summed E-state index contributed by atoms with van der Waals surface area (Å²) in [6.45, 7) is 7.59. The van der Waals surface area contributed by atoms with E-state index in [2.05, 4.69) is 6.58 Å². The summed E-state index contributed by atoms with van der Waals surface area (Å²) in [4.78, 5) is 11.1. The summed E-state index contributed by atoms with van der Waals surface area (Å²) in [5.41, 5.74) is 0. The Hall–Kier alpha value is -0.830. The Bertz CT molecular complexity index is 182. The van der Waals surface area contributed by atoms with Crippen LogP contribution < -0.4 is 0 Å². The van der Waals surface area contributed by atoms with Gasteiger partial charge in [-0.2, -0.15) is 0 Å². The normalized spacial score (nSPS) is 24.0. The molecular weight excluding hydrogens is 144 g/mol. The molecule has 3 heteroatoms. The highest BCUT2D eigenvalue weighted by molar-refractivity contribution is 5.74. The quantitative estimate of drug-likeness (QED) is 0.349. The second-order valence-electron chi connectivity index (χ2n) is 2.78. The van der Waals surface area contributed by atoms with Crippen molar-refractivity contribution in [2.45, 2.75) is 20.0 Å². The summed E-state index contributed by atoms with van der Waals surface area (Å²) < 4.78 is 9.74. The maximum absolute atomic E-state index is 11.1. The number of epoxide rings is 1. The van der Waals surface area contributed by atoms with Crippen molar-refractivity contribution in [3.05, 3.63) is 12.3 Å². The molecule has 0 bridgehead atoms. The van der Waals surface area contributed by atoms with Crippen molar-refractivity contribution in [3.63, 3.8) is 0 Å². The van der Waals surface area contributed by atoms with Gasteiger partial charge in [-0.25, -0.2) is 0 Å². The van der Waals surface area contributed by atoms with Crippen molar-refractivity contribution in [3.8, 4) is 0 Å². The van der Waals surface area contributed by atoms with Crippen LogP contribution in [0.3, 0.4) is 0 Å². The monoisotopic (exact) mass is 156 g/mol. The van der Waals surface area contributed by atoms with E-state index in [0.717, 1.165) is 0 Å². The second kappa shape index (κ2) is 3.05. The number of hydrogen-bond acceptors (Lipinski definition) is 3. The molecule has 3 nitrogen and oxygen atoms in total. The van der Waals surface area contributed by atoms with Crippen LogP contribution in [0.1, 0.15) is 13.8 Å². The fourth-order valence-electron chi connectivity index (χ4n) is 0.761. The van der Waals surface area contributed by atoms with E-state index in [1.807, 2.05) is 0 Å². The number of rotatable bonds is 3. The topological polar surface area (TPSA) is 38.8 Å². The van der Waals surface area contributed by atoms with Gasteiger partial charge in [0.2, 0.25) is 0 Å². The van der Waals surface area contributed by atoms with Gasteiger partial charge in [-0.05, 0) is 13.8 Å². The summed E-state index contributed by atoms with van der Waals surface area (Å²) in [7, 11) is 0. The molecule has 0 aromatic carbocycles. The number of ether oxygens (including phenoxy) is 2. The third-order valence-corrected chi connectivity index (χ3v) is 1.56. The highest BCUT2D eigenvalue weighted by atomic mass is 16.6. The van der Waals surface area contributed by atoms with E-state index in [9.17, 15) is 4.79 Å². The first kappa shape index (κ1) is 8.27. The minimum atomic E-state index is -0.250. The summed E-state index contributed by atoms with van der Waals surface area (Å²) in [6, 6.07) is 0. The smallest absolute Gasteiger partial charge is 0.316 e. The summed E-state index contributed by atoms with van der Waals surface area (Å²) in [5.74, 6) is 0.0224. The Labute approximate surface area is 66.0 Å². The number of carbonyl (C=O) groups is 1. The number of hydrogen-bond donors (Lipinski definition) is 0. The zero-order chi connectivity index (χ0) is 8.43. The molecule has 0 saturated carbocycles. The Morgan fingerprint density at radius 1 is 1.82 bits per heavy atom. The summed E-state index contributed by atoms with van der Waals surface area (Å²) in [5, 5.41) is 0. The second-order valence-corrected chi connectivity index (χ2v) is 2.78. The van der Waals surface area contributed by atoms with Crippen LogP contribution in [0.15, 0.2) is 12.3 Å². The maximum atomic E-state index is 11.1. The first-order valence-corrected chi connectivity index (χ1v) is 3.60. The molecular formula is C8H12O3. The third-order valence-electron chi connectivity index (χ3n) is 1.56. The van der Waals surface area contributed by atoms with E-state index in [0.29, 0.717) is 12.4 Å². The molecule has 11 heavy (non-hydrogen) atoms. The molecule has 0 aromatic heterocycles. The van der Waals surface area contributed by atoms with Gasteiger partial charge in [0.05, 0.1) is 24.4 Å². The van der Waals surface area contributed by atoms with Crippen LogP contribution in [0, 0.1) is 5.92 Å². The van der Waals surface area contributed by atoms with Gasteiger partial charge in [-0.3, -0.25) is 4.79 Å². The number of esters is 1. The summed E-state index contributed by atoms with van der Waals surface area (Å²) >= 11 is 0. The average Bonchev–Trinajstić information content (AvgIpc) is 2.65. The minimum absolute atomic E-state index is 0.0712. The van der Waals surface area contributed by atoms with Gasteiger partial charge in [-0.1, -0.05) is 6.58 Å². The van der Waals surface area contributed by atoms with Crippen LogP contribution >= 0.6 is 0 Å². The van der Waals surface area contributed by atoms with Crippen LogP contribution in [0.5, 0.6) is 0 Å². The van der Waals surface area contributed by atoms with Crippen LogP contribution in [-0.4, -0.2) is 18.7 Å². The molecule has 0 amide bonds. The lowest BCUT2D eigenvalue weighted by atomic mass is 10.1. The molecule has 2 atom stereocenters.